The van der Waals surface area contributed by atoms with Gasteiger partial charge in [-0.15, -0.1) is 0 Å². The molecule has 1 saturated heterocycles. The van der Waals surface area contributed by atoms with E-state index in [1.54, 1.807) is 0 Å². The number of aryl methyl sites for hydroxylation is 3. The first-order valence-electron chi connectivity index (χ1n) is 10.4. The van der Waals surface area contributed by atoms with Gasteiger partial charge in [0.25, 0.3) is 0 Å². The number of rotatable bonds is 3. The second-order valence-electron chi connectivity index (χ2n) is 9.19. The van der Waals surface area contributed by atoms with Crippen molar-refractivity contribution in [1.82, 2.24) is 9.80 Å². The summed E-state index contributed by atoms with van der Waals surface area (Å²) in [6.07, 6.45) is -1.11. The first kappa shape index (κ1) is 22.0. The second-order valence-corrected chi connectivity index (χ2v) is 9.19. The van der Waals surface area contributed by atoms with Crippen LogP contribution >= 0.6 is 0 Å². The molecular formula is C25H32N2O3. The van der Waals surface area contributed by atoms with Crippen LogP contribution in [0.2, 0.25) is 0 Å². The monoisotopic (exact) mass is 408 g/mol. The standard InChI is InChI=1S/C25H32N2O3/c1-16-13-17(2)22(18(3)14-16)23-26(19(4)20-11-9-8-10-12-20)15-21(28)27(23)24(29)30-25(5,6)7/h8-14,19,23H,15H2,1-7H3/t19-,23-/m0/s1. The van der Waals surface area contributed by atoms with Crippen molar-refractivity contribution in [3.05, 3.63) is 70.3 Å². The lowest BCUT2D eigenvalue weighted by atomic mass is 9.95. The fraction of sp³-hybridized carbons (Fsp3) is 0.440. The molecule has 0 spiro atoms. The molecule has 0 aliphatic carbocycles. The largest absolute Gasteiger partial charge is 0.443 e. The van der Waals surface area contributed by atoms with E-state index in [-0.39, 0.29) is 18.5 Å². The van der Waals surface area contributed by atoms with Gasteiger partial charge in [0.1, 0.15) is 11.8 Å². The minimum atomic E-state index is -0.683. The summed E-state index contributed by atoms with van der Waals surface area (Å²) in [4.78, 5) is 29.6. The normalized spacial score (nSPS) is 18.6. The third kappa shape index (κ3) is 4.41. The van der Waals surface area contributed by atoms with Crippen molar-refractivity contribution in [3.63, 3.8) is 0 Å². The Morgan fingerprint density at radius 3 is 2.17 bits per heavy atom. The molecule has 2 aromatic carbocycles. The van der Waals surface area contributed by atoms with E-state index in [0.29, 0.717) is 0 Å². The number of carbonyl (C=O) groups excluding carboxylic acids is 2. The Bertz CT molecular complexity index is 924. The summed E-state index contributed by atoms with van der Waals surface area (Å²) in [6, 6.07) is 14.2. The van der Waals surface area contributed by atoms with Gasteiger partial charge in [-0.05, 0) is 70.7 Å². The molecular weight excluding hydrogens is 376 g/mol. The Labute approximate surface area is 179 Å². The van der Waals surface area contributed by atoms with Gasteiger partial charge in [0, 0.05) is 6.04 Å². The van der Waals surface area contributed by atoms with Gasteiger partial charge in [-0.25, -0.2) is 9.69 Å². The number of benzene rings is 2. The fourth-order valence-corrected chi connectivity index (χ4v) is 4.28. The number of nitrogens with zero attached hydrogens (tertiary/aromatic N) is 2. The molecule has 0 N–H and O–H groups in total. The number of imide groups is 1. The summed E-state index contributed by atoms with van der Waals surface area (Å²) in [5, 5.41) is 0. The van der Waals surface area contributed by atoms with E-state index in [1.165, 1.54) is 4.90 Å². The molecule has 0 saturated carbocycles. The van der Waals surface area contributed by atoms with Gasteiger partial charge in [0.05, 0.1) is 6.54 Å². The van der Waals surface area contributed by atoms with E-state index in [9.17, 15) is 9.59 Å². The van der Waals surface area contributed by atoms with Crippen molar-refractivity contribution in [1.29, 1.82) is 0 Å². The predicted octanol–water partition coefficient (Wildman–Crippen LogP) is 5.45. The zero-order chi connectivity index (χ0) is 22.2. The van der Waals surface area contributed by atoms with E-state index in [2.05, 4.69) is 43.0 Å². The molecule has 0 bridgehead atoms. The topological polar surface area (TPSA) is 49.9 Å². The highest BCUT2D eigenvalue weighted by molar-refractivity contribution is 5.95. The average molecular weight is 409 g/mol. The van der Waals surface area contributed by atoms with E-state index in [1.807, 2.05) is 52.8 Å². The predicted molar refractivity (Wildman–Crippen MR) is 118 cm³/mol. The van der Waals surface area contributed by atoms with Crippen molar-refractivity contribution >= 4 is 12.0 Å². The van der Waals surface area contributed by atoms with Crippen LogP contribution in [0.3, 0.4) is 0 Å². The third-order valence-corrected chi connectivity index (χ3v) is 5.51. The van der Waals surface area contributed by atoms with E-state index in [4.69, 9.17) is 4.74 Å². The molecule has 0 unspecified atom stereocenters. The first-order valence-corrected chi connectivity index (χ1v) is 10.4. The second kappa shape index (κ2) is 8.23. The van der Waals surface area contributed by atoms with Gasteiger partial charge in [0.15, 0.2) is 0 Å². The number of amides is 2. The van der Waals surface area contributed by atoms with Gasteiger partial charge in [-0.2, -0.15) is 0 Å². The van der Waals surface area contributed by atoms with Crippen LogP contribution in [0.5, 0.6) is 0 Å². The van der Waals surface area contributed by atoms with Crippen molar-refractivity contribution in [2.24, 2.45) is 0 Å². The maximum atomic E-state index is 13.1. The summed E-state index contributed by atoms with van der Waals surface area (Å²) in [5.41, 5.74) is 4.68. The van der Waals surface area contributed by atoms with Crippen LogP contribution in [-0.4, -0.2) is 33.9 Å². The van der Waals surface area contributed by atoms with Crippen molar-refractivity contribution in [2.75, 3.05) is 6.54 Å². The highest BCUT2D eigenvalue weighted by Gasteiger charge is 2.47. The summed E-state index contributed by atoms with van der Waals surface area (Å²) in [6.45, 7) is 13.8. The summed E-state index contributed by atoms with van der Waals surface area (Å²) >= 11 is 0. The van der Waals surface area contributed by atoms with E-state index >= 15 is 0 Å². The summed E-state index contributed by atoms with van der Waals surface area (Å²) in [5.74, 6) is -0.239. The lowest BCUT2D eigenvalue weighted by molar-refractivity contribution is -0.127. The molecule has 2 atom stereocenters. The van der Waals surface area contributed by atoms with Crippen LogP contribution < -0.4 is 0 Å². The Kier molecular flexibility index (Phi) is 6.04. The molecule has 0 aromatic heterocycles. The van der Waals surface area contributed by atoms with Crippen LogP contribution in [0.15, 0.2) is 42.5 Å². The fourth-order valence-electron chi connectivity index (χ4n) is 4.28. The summed E-state index contributed by atoms with van der Waals surface area (Å²) in [7, 11) is 0. The number of hydrogen-bond donors (Lipinski definition) is 0. The lowest BCUT2D eigenvalue weighted by Crippen LogP contribution is -2.41. The molecule has 0 radical (unpaired) electrons. The minimum Gasteiger partial charge on any atom is -0.443 e. The van der Waals surface area contributed by atoms with Gasteiger partial charge in [-0.1, -0.05) is 48.0 Å². The third-order valence-electron chi connectivity index (χ3n) is 5.51. The quantitative estimate of drug-likeness (QED) is 0.677. The molecule has 1 fully saturated rings. The minimum absolute atomic E-state index is 0.0484. The summed E-state index contributed by atoms with van der Waals surface area (Å²) < 4.78 is 5.62. The molecule has 5 heteroatoms. The zero-order valence-corrected chi connectivity index (χ0v) is 19.0. The lowest BCUT2D eigenvalue weighted by Gasteiger charge is -2.35. The van der Waals surface area contributed by atoms with Crippen molar-refractivity contribution in [2.45, 2.75) is 66.3 Å². The van der Waals surface area contributed by atoms with E-state index in [0.717, 1.165) is 27.8 Å². The van der Waals surface area contributed by atoms with Crippen LogP contribution in [0, 0.1) is 20.8 Å². The maximum Gasteiger partial charge on any atom is 0.418 e. The number of hydrogen-bond acceptors (Lipinski definition) is 4. The number of ether oxygens (including phenoxy) is 1. The highest BCUT2D eigenvalue weighted by atomic mass is 16.6. The highest BCUT2D eigenvalue weighted by Crippen LogP contribution is 2.41. The Balaban J connectivity index is 2.11. The Morgan fingerprint density at radius 1 is 1.07 bits per heavy atom. The van der Waals surface area contributed by atoms with Crippen LogP contribution in [0.25, 0.3) is 0 Å². The molecule has 2 amide bonds. The average Bonchev–Trinajstić information content (AvgIpc) is 2.96. The van der Waals surface area contributed by atoms with Crippen LogP contribution in [0.1, 0.15) is 67.7 Å². The maximum absolute atomic E-state index is 13.1. The van der Waals surface area contributed by atoms with Crippen molar-refractivity contribution < 1.29 is 14.3 Å². The molecule has 160 valence electrons. The number of carbonyl (C=O) groups is 2. The van der Waals surface area contributed by atoms with Gasteiger partial charge < -0.3 is 4.74 Å². The molecule has 2 aromatic rings. The molecule has 1 aliphatic heterocycles. The van der Waals surface area contributed by atoms with Gasteiger partial charge in [0.2, 0.25) is 5.91 Å². The molecule has 3 rings (SSSR count). The smallest absolute Gasteiger partial charge is 0.418 e. The molecule has 5 nitrogen and oxygen atoms in total. The Hall–Kier alpha value is -2.66. The Morgan fingerprint density at radius 2 is 1.63 bits per heavy atom. The first-order chi connectivity index (χ1) is 14.0. The van der Waals surface area contributed by atoms with E-state index < -0.39 is 17.9 Å². The molecule has 1 aliphatic rings. The zero-order valence-electron chi connectivity index (χ0n) is 19.0. The van der Waals surface area contributed by atoms with Crippen molar-refractivity contribution in [3.8, 4) is 0 Å². The van der Waals surface area contributed by atoms with Crippen LogP contribution in [-0.2, 0) is 9.53 Å². The molecule has 30 heavy (non-hydrogen) atoms. The molecule has 1 heterocycles. The van der Waals surface area contributed by atoms with Gasteiger partial charge in [-0.3, -0.25) is 9.69 Å². The van der Waals surface area contributed by atoms with Crippen LogP contribution in [0.4, 0.5) is 4.79 Å². The van der Waals surface area contributed by atoms with Gasteiger partial charge >= 0.3 is 6.09 Å². The SMILES string of the molecule is Cc1cc(C)c([C@@H]2N(C(=O)OC(C)(C)C)C(=O)CN2[C@@H](C)c2ccccc2)c(C)c1.